The number of aromatic nitrogens is 1. The molecule has 1 aliphatic heterocycles. The van der Waals surface area contributed by atoms with Crippen molar-refractivity contribution in [1.82, 2.24) is 15.6 Å². The van der Waals surface area contributed by atoms with E-state index in [1.54, 1.807) is 0 Å². The van der Waals surface area contributed by atoms with Gasteiger partial charge < -0.3 is 25.3 Å². The number of nitrogens with zero attached hydrogens (tertiary/aromatic N) is 1. The van der Waals surface area contributed by atoms with E-state index in [1.807, 2.05) is 6.92 Å². The zero-order chi connectivity index (χ0) is 23.4. The predicted molar refractivity (Wildman–Crippen MR) is 136 cm³/mol. The number of aromatic amines is 1. The number of hydrogen-bond donors (Lipinski definition) is 5. The molecule has 0 radical (unpaired) electrons. The fraction of sp³-hybridized carbons (Fsp3) is 0.520. The third-order valence-electron chi connectivity index (χ3n) is 6.66. The average molecular weight is 470 g/mol. The molecule has 0 saturated heterocycles. The number of aliphatic imine (C=N–C) groups is 1. The van der Waals surface area contributed by atoms with Gasteiger partial charge in [-0.15, -0.1) is 0 Å². The van der Waals surface area contributed by atoms with Gasteiger partial charge in [0, 0.05) is 30.1 Å². The molecule has 0 bridgehead atoms. The molecule has 8 heteroatoms. The van der Waals surface area contributed by atoms with Crippen LogP contribution < -0.4 is 10.6 Å². The Morgan fingerprint density at radius 3 is 2.85 bits per heavy atom. The molecule has 1 fully saturated rings. The lowest BCUT2D eigenvalue weighted by molar-refractivity contribution is 0.245. The van der Waals surface area contributed by atoms with Crippen LogP contribution in [0.1, 0.15) is 63.9 Å². The summed E-state index contributed by atoms with van der Waals surface area (Å²) in [7, 11) is 0. The van der Waals surface area contributed by atoms with Crippen LogP contribution in [0.5, 0.6) is 0 Å². The molecule has 2 unspecified atom stereocenters. The fourth-order valence-corrected chi connectivity index (χ4v) is 5.87. The maximum absolute atomic E-state index is 12.5. The summed E-state index contributed by atoms with van der Waals surface area (Å²) in [6.07, 6.45) is 7.67. The Balaban J connectivity index is 1.40. The largest absolute Gasteiger partial charge is 0.611 e. The van der Waals surface area contributed by atoms with Crippen LogP contribution in [0.3, 0.4) is 0 Å². The lowest BCUT2D eigenvalue weighted by Gasteiger charge is -2.18. The minimum atomic E-state index is -1.22. The van der Waals surface area contributed by atoms with Gasteiger partial charge in [0.2, 0.25) is 4.91 Å². The number of allylic oxidation sites excluding steroid dienone is 1. The van der Waals surface area contributed by atoms with Gasteiger partial charge in [-0.2, -0.15) is 0 Å². The first-order valence-corrected chi connectivity index (χ1v) is 13.2. The van der Waals surface area contributed by atoms with Gasteiger partial charge in [-0.05, 0) is 61.3 Å². The van der Waals surface area contributed by atoms with Crippen LogP contribution >= 0.6 is 0 Å². The molecular formula is C25H35N5O2S. The lowest BCUT2D eigenvalue weighted by atomic mass is 9.91. The highest BCUT2D eigenvalue weighted by Gasteiger charge is 2.45. The molecule has 1 aliphatic carbocycles. The summed E-state index contributed by atoms with van der Waals surface area (Å²) in [6, 6.07) is 8.45. The zero-order valence-corrected chi connectivity index (χ0v) is 20.4. The Hall–Kier alpha value is -2.29. The first-order chi connectivity index (χ1) is 16.0. The molecule has 1 aromatic heterocycles. The molecule has 4 rings (SSSR count). The van der Waals surface area contributed by atoms with E-state index in [9.17, 15) is 9.66 Å². The summed E-state index contributed by atoms with van der Waals surface area (Å²) < 4.78 is 12.5. The topological polar surface area (TPSA) is 119 Å². The molecule has 33 heavy (non-hydrogen) atoms. The van der Waals surface area contributed by atoms with Crippen molar-refractivity contribution in [1.29, 1.82) is 5.41 Å². The fourth-order valence-electron chi connectivity index (χ4n) is 4.60. The van der Waals surface area contributed by atoms with Crippen molar-refractivity contribution in [3.63, 3.8) is 0 Å². The molecule has 1 aromatic carbocycles. The van der Waals surface area contributed by atoms with E-state index in [4.69, 9.17) is 10.4 Å². The van der Waals surface area contributed by atoms with Crippen molar-refractivity contribution in [2.75, 3.05) is 18.9 Å². The summed E-state index contributed by atoms with van der Waals surface area (Å²) >= 11 is -1.22. The van der Waals surface area contributed by atoms with Gasteiger partial charge in [-0.25, -0.2) is 4.99 Å². The van der Waals surface area contributed by atoms with Gasteiger partial charge in [0.15, 0.2) is 5.84 Å². The van der Waals surface area contributed by atoms with Crippen LogP contribution in [-0.2, 0) is 11.2 Å². The number of fused-ring (bicyclic) bond motifs is 1. The molecule has 0 amide bonds. The third-order valence-corrected chi connectivity index (χ3v) is 8.13. The SMILES string of the molecule is CCCC(CCN/C(C)=N/C1=C(C(=N)NC2(CO)CC2)[S+]([O-])CC1)c1c[nH]c2ccccc12. The highest BCUT2D eigenvalue weighted by molar-refractivity contribution is 7.96. The number of nitrogens with one attached hydrogen (secondary N) is 4. The van der Waals surface area contributed by atoms with E-state index in [0.29, 0.717) is 28.7 Å². The first kappa shape index (κ1) is 23.9. The number of hydrogen-bond acceptors (Lipinski definition) is 4. The summed E-state index contributed by atoms with van der Waals surface area (Å²) in [5, 5.41) is 25.8. The van der Waals surface area contributed by atoms with Crippen molar-refractivity contribution in [3.8, 4) is 0 Å². The molecule has 2 heterocycles. The summed E-state index contributed by atoms with van der Waals surface area (Å²) in [5.41, 5.74) is 2.86. The molecule has 5 N–H and O–H groups in total. The number of rotatable bonds is 10. The van der Waals surface area contributed by atoms with Gasteiger partial charge in [0.25, 0.3) is 0 Å². The smallest absolute Gasteiger partial charge is 0.216 e. The van der Waals surface area contributed by atoms with Crippen molar-refractivity contribution in [2.24, 2.45) is 4.99 Å². The Labute approximate surface area is 198 Å². The lowest BCUT2D eigenvalue weighted by Crippen LogP contribution is -2.41. The molecule has 178 valence electrons. The van der Waals surface area contributed by atoms with Crippen LogP contribution in [0.15, 0.2) is 46.1 Å². The van der Waals surface area contributed by atoms with E-state index >= 15 is 0 Å². The summed E-state index contributed by atoms with van der Waals surface area (Å²) in [6.45, 7) is 4.94. The summed E-state index contributed by atoms with van der Waals surface area (Å²) in [4.78, 5) is 8.59. The second kappa shape index (κ2) is 10.3. The Kier molecular flexibility index (Phi) is 7.46. The van der Waals surface area contributed by atoms with Crippen molar-refractivity contribution in [3.05, 3.63) is 46.6 Å². The molecule has 1 saturated carbocycles. The maximum atomic E-state index is 12.5. The van der Waals surface area contributed by atoms with E-state index in [2.05, 4.69) is 53.0 Å². The zero-order valence-electron chi connectivity index (χ0n) is 19.5. The van der Waals surface area contributed by atoms with Crippen LogP contribution in [0, 0.1) is 5.41 Å². The van der Waals surface area contributed by atoms with Crippen molar-refractivity contribution in [2.45, 2.75) is 63.8 Å². The minimum Gasteiger partial charge on any atom is -0.611 e. The van der Waals surface area contributed by atoms with Gasteiger partial charge in [0.1, 0.15) is 11.4 Å². The quantitative estimate of drug-likeness (QED) is 0.206. The van der Waals surface area contributed by atoms with E-state index in [1.165, 1.54) is 16.5 Å². The van der Waals surface area contributed by atoms with Gasteiger partial charge in [-0.3, -0.25) is 5.41 Å². The van der Waals surface area contributed by atoms with Crippen LogP contribution in [0.4, 0.5) is 0 Å². The predicted octanol–water partition coefficient (Wildman–Crippen LogP) is 3.91. The molecule has 0 spiro atoms. The van der Waals surface area contributed by atoms with Crippen molar-refractivity contribution < 1.29 is 9.66 Å². The monoisotopic (exact) mass is 469 g/mol. The van der Waals surface area contributed by atoms with Crippen LogP contribution in [-0.4, -0.2) is 50.8 Å². The van der Waals surface area contributed by atoms with E-state index in [0.717, 1.165) is 44.5 Å². The molecular weight excluding hydrogens is 434 g/mol. The average Bonchev–Trinajstić information content (AvgIpc) is 3.29. The first-order valence-electron chi connectivity index (χ1n) is 11.9. The second-order valence-corrected chi connectivity index (χ2v) is 10.7. The van der Waals surface area contributed by atoms with Gasteiger partial charge >= 0.3 is 0 Å². The highest BCUT2D eigenvalue weighted by atomic mass is 32.2. The number of amidine groups is 2. The number of aliphatic hydroxyl groups excluding tert-OH is 1. The van der Waals surface area contributed by atoms with Crippen molar-refractivity contribution >= 4 is 33.8 Å². The maximum Gasteiger partial charge on any atom is 0.216 e. The Morgan fingerprint density at radius 2 is 2.12 bits per heavy atom. The number of H-pyrrole nitrogens is 1. The van der Waals surface area contributed by atoms with Gasteiger partial charge in [0.05, 0.1) is 18.0 Å². The third kappa shape index (κ3) is 5.45. The summed E-state index contributed by atoms with van der Waals surface area (Å²) in [5.74, 6) is 1.89. The minimum absolute atomic E-state index is 0.0101. The standard InChI is InChI=1S/C25H35N5O2S/c1-3-6-18(20-15-28-21-8-5-4-7-19(20)21)9-13-27-17(2)29-22-10-14-33(32)23(22)24(26)30-25(16-31)11-12-25/h4-5,7-8,15,18,28,31H,3,6,9-14,16H2,1-2H3,(H2,26,30)(H,27,29). The second-order valence-electron chi connectivity index (χ2n) is 9.20. The molecule has 7 nitrogen and oxygen atoms in total. The Morgan fingerprint density at radius 1 is 1.33 bits per heavy atom. The van der Waals surface area contributed by atoms with Gasteiger partial charge in [-0.1, -0.05) is 31.5 Å². The molecule has 2 aromatic rings. The highest BCUT2D eigenvalue weighted by Crippen LogP contribution is 2.36. The number of benzene rings is 1. The molecule has 2 atom stereocenters. The normalized spacial score (nSPS) is 20.8. The van der Waals surface area contributed by atoms with Crippen LogP contribution in [0.2, 0.25) is 0 Å². The van der Waals surface area contributed by atoms with Crippen LogP contribution in [0.25, 0.3) is 10.9 Å². The Bertz CT molecular complexity index is 1060. The molecule has 2 aliphatic rings. The number of aliphatic hydroxyl groups is 1. The number of para-hydroxylation sites is 1. The van der Waals surface area contributed by atoms with E-state index in [-0.39, 0.29) is 12.4 Å². The van der Waals surface area contributed by atoms with E-state index < -0.39 is 16.7 Å².